The molecule has 0 aliphatic carbocycles. The molecular weight excluding hydrogens is 367 g/mol. The van der Waals surface area contributed by atoms with Crippen LogP contribution < -0.4 is 0 Å². The van der Waals surface area contributed by atoms with Gasteiger partial charge in [0.25, 0.3) is 0 Å². The van der Waals surface area contributed by atoms with Gasteiger partial charge in [-0.05, 0) is 31.2 Å². The molecule has 1 heterocycles. The van der Waals surface area contributed by atoms with Gasteiger partial charge in [0.05, 0.1) is 17.1 Å². The van der Waals surface area contributed by atoms with Gasteiger partial charge in [-0.15, -0.1) is 11.8 Å². The Labute approximate surface area is 146 Å². The monoisotopic (exact) mass is 381 g/mol. The number of carboxylic acid groups (broad SMARTS) is 1. The standard InChI is InChI=1S/C15H15ClF3NO3S/c1-8(24-10-4-2-9(16)3-5-10)13(21)20-6-11(14(22)23)12(7-20)15(17,18)19/h2-5,8,11-12H,6-7H2,1H3,(H,22,23)/t8?,11-,12-/m1/s1. The number of amides is 1. The fourth-order valence-electron chi connectivity index (χ4n) is 2.59. The van der Waals surface area contributed by atoms with Crippen molar-refractivity contribution in [3.05, 3.63) is 29.3 Å². The summed E-state index contributed by atoms with van der Waals surface area (Å²) < 4.78 is 38.9. The lowest BCUT2D eigenvalue weighted by atomic mass is 9.96. The van der Waals surface area contributed by atoms with Gasteiger partial charge >= 0.3 is 12.1 Å². The Morgan fingerprint density at radius 2 is 1.88 bits per heavy atom. The molecule has 1 saturated heterocycles. The number of hydrogen-bond donors (Lipinski definition) is 1. The van der Waals surface area contributed by atoms with E-state index in [9.17, 15) is 22.8 Å². The quantitative estimate of drug-likeness (QED) is 0.810. The highest BCUT2D eigenvalue weighted by Gasteiger charge is 2.53. The number of aliphatic carboxylic acids is 1. The third kappa shape index (κ3) is 4.36. The van der Waals surface area contributed by atoms with E-state index in [1.807, 2.05) is 0 Å². The van der Waals surface area contributed by atoms with Crippen LogP contribution in [-0.4, -0.2) is 46.4 Å². The lowest BCUT2D eigenvalue weighted by Crippen LogP contribution is -2.36. The summed E-state index contributed by atoms with van der Waals surface area (Å²) >= 11 is 6.96. The van der Waals surface area contributed by atoms with Gasteiger partial charge in [-0.1, -0.05) is 11.6 Å². The largest absolute Gasteiger partial charge is 0.481 e. The summed E-state index contributed by atoms with van der Waals surface area (Å²) in [6.45, 7) is 0.535. The molecule has 2 rings (SSSR count). The number of benzene rings is 1. The van der Waals surface area contributed by atoms with Gasteiger partial charge in [-0.2, -0.15) is 13.2 Å². The van der Waals surface area contributed by atoms with E-state index in [1.165, 1.54) is 11.8 Å². The van der Waals surface area contributed by atoms with Crippen LogP contribution >= 0.6 is 23.4 Å². The maximum atomic E-state index is 13.0. The predicted molar refractivity (Wildman–Crippen MR) is 84.0 cm³/mol. The van der Waals surface area contributed by atoms with E-state index in [1.54, 1.807) is 31.2 Å². The van der Waals surface area contributed by atoms with Crippen molar-refractivity contribution in [1.82, 2.24) is 4.90 Å². The van der Waals surface area contributed by atoms with E-state index in [0.29, 0.717) is 5.02 Å². The summed E-state index contributed by atoms with van der Waals surface area (Å²) in [6, 6.07) is 6.72. The molecule has 0 bridgehead atoms. The van der Waals surface area contributed by atoms with Gasteiger partial charge in [0.15, 0.2) is 0 Å². The minimum atomic E-state index is -4.65. The smallest absolute Gasteiger partial charge is 0.394 e. The summed E-state index contributed by atoms with van der Waals surface area (Å²) in [5.74, 6) is -5.70. The molecule has 1 aliphatic rings. The van der Waals surface area contributed by atoms with E-state index in [4.69, 9.17) is 16.7 Å². The highest BCUT2D eigenvalue weighted by atomic mass is 35.5. The molecule has 1 N–H and O–H groups in total. The zero-order valence-electron chi connectivity index (χ0n) is 12.6. The molecule has 0 aromatic heterocycles. The number of rotatable bonds is 4. The van der Waals surface area contributed by atoms with Gasteiger partial charge in [0.2, 0.25) is 5.91 Å². The zero-order valence-corrected chi connectivity index (χ0v) is 14.2. The summed E-state index contributed by atoms with van der Waals surface area (Å²) in [4.78, 5) is 25.2. The highest BCUT2D eigenvalue weighted by molar-refractivity contribution is 8.00. The second kappa shape index (κ2) is 7.23. The van der Waals surface area contributed by atoms with Crippen LogP contribution in [0.5, 0.6) is 0 Å². The molecule has 4 nitrogen and oxygen atoms in total. The van der Waals surface area contributed by atoms with E-state index >= 15 is 0 Å². The lowest BCUT2D eigenvalue weighted by Gasteiger charge is -2.21. The van der Waals surface area contributed by atoms with E-state index in [2.05, 4.69) is 0 Å². The number of likely N-dealkylation sites (tertiary alicyclic amines) is 1. The second-order valence-corrected chi connectivity index (χ2v) is 7.40. The van der Waals surface area contributed by atoms with Crippen molar-refractivity contribution in [2.24, 2.45) is 11.8 Å². The van der Waals surface area contributed by atoms with Crippen LogP contribution in [0.3, 0.4) is 0 Å². The van der Waals surface area contributed by atoms with E-state index in [0.717, 1.165) is 9.80 Å². The fourth-order valence-corrected chi connectivity index (χ4v) is 3.67. The summed E-state index contributed by atoms with van der Waals surface area (Å²) in [5, 5.41) is 8.90. The van der Waals surface area contributed by atoms with Crippen molar-refractivity contribution in [3.8, 4) is 0 Å². The average molecular weight is 382 g/mol. The van der Waals surface area contributed by atoms with Gasteiger partial charge < -0.3 is 10.0 Å². The molecule has 1 aromatic rings. The predicted octanol–water partition coefficient (Wildman–Crippen LogP) is 3.54. The first kappa shape index (κ1) is 18.9. The summed E-state index contributed by atoms with van der Waals surface area (Å²) in [7, 11) is 0. The average Bonchev–Trinajstić information content (AvgIpc) is 2.94. The molecule has 1 unspecified atom stereocenters. The van der Waals surface area contributed by atoms with Gasteiger partial charge in [-0.3, -0.25) is 9.59 Å². The first-order valence-corrected chi connectivity index (χ1v) is 8.36. The van der Waals surface area contributed by atoms with Crippen LogP contribution in [-0.2, 0) is 9.59 Å². The molecule has 1 aliphatic heterocycles. The van der Waals surface area contributed by atoms with Crippen molar-refractivity contribution in [3.63, 3.8) is 0 Å². The van der Waals surface area contributed by atoms with Gasteiger partial charge in [0, 0.05) is 23.0 Å². The van der Waals surface area contributed by atoms with Crippen LogP contribution in [0.2, 0.25) is 5.02 Å². The minimum Gasteiger partial charge on any atom is -0.481 e. The summed E-state index contributed by atoms with van der Waals surface area (Å²) in [5.41, 5.74) is 0. The molecule has 0 spiro atoms. The number of carbonyl (C=O) groups excluding carboxylic acids is 1. The zero-order chi connectivity index (χ0) is 18.1. The topological polar surface area (TPSA) is 57.6 Å². The Bertz CT molecular complexity index is 623. The van der Waals surface area contributed by atoms with Crippen LogP contribution in [0.15, 0.2) is 29.2 Å². The Balaban J connectivity index is 2.06. The molecule has 1 amide bonds. The maximum Gasteiger partial charge on any atom is 0.394 e. The van der Waals surface area contributed by atoms with Crippen molar-refractivity contribution in [2.75, 3.05) is 13.1 Å². The van der Waals surface area contributed by atoms with Crippen LogP contribution in [0, 0.1) is 11.8 Å². The van der Waals surface area contributed by atoms with Crippen molar-refractivity contribution < 1.29 is 27.9 Å². The fraction of sp³-hybridized carbons (Fsp3) is 0.467. The number of nitrogens with zero attached hydrogens (tertiary/aromatic N) is 1. The third-order valence-electron chi connectivity index (χ3n) is 3.84. The molecule has 0 saturated carbocycles. The number of halogens is 4. The number of thioether (sulfide) groups is 1. The molecular formula is C15H15ClF3NO3S. The Morgan fingerprint density at radius 1 is 1.29 bits per heavy atom. The maximum absolute atomic E-state index is 13.0. The van der Waals surface area contributed by atoms with Gasteiger partial charge in [0.1, 0.15) is 0 Å². The van der Waals surface area contributed by atoms with Crippen molar-refractivity contribution >= 4 is 35.2 Å². The Kier molecular flexibility index (Phi) is 5.70. The first-order chi connectivity index (χ1) is 11.1. The van der Waals surface area contributed by atoms with Crippen LogP contribution in [0.1, 0.15) is 6.92 Å². The third-order valence-corrected chi connectivity index (χ3v) is 5.19. The molecule has 9 heteroatoms. The van der Waals surface area contributed by atoms with Crippen LogP contribution in [0.25, 0.3) is 0 Å². The Morgan fingerprint density at radius 3 is 2.33 bits per heavy atom. The van der Waals surface area contributed by atoms with E-state index in [-0.39, 0.29) is 0 Å². The molecule has 3 atom stereocenters. The number of carbonyl (C=O) groups is 2. The molecule has 0 radical (unpaired) electrons. The SMILES string of the molecule is CC(Sc1ccc(Cl)cc1)C(=O)N1C[C@@H](C(F)(F)F)[C@H](C(=O)O)C1. The molecule has 1 aromatic carbocycles. The second-order valence-electron chi connectivity index (χ2n) is 5.55. The highest BCUT2D eigenvalue weighted by Crippen LogP contribution is 2.38. The number of alkyl halides is 3. The lowest BCUT2D eigenvalue weighted by molar-refractivity contribution is -0.188. The van der Waals surface area contributed by atoms with E-state index < -0.39 is 48.2 Å². The summed E-state index contributed by atoms with van der Waals surface area (Å²) in [6.07, 6.45) is -4.65. The van der Waals surface area contributed by atoms with Crippen LogP contribution in [0.4, 0.5) is 13.2 Å². The normalized spacial score (nSPS) is 22.5. The number of carboxylic acids is 1. The molecule has 1 fully saturated rings. The molecule has 132 valence electrons. The Hall–Kier alpha value is -1.41. The van der Waals surface area contributed by atoms with Gasteiger partial charge in [-0.25, -0.2) is 0 Å². The van der Waals surface area contributed by atoms with Crippen molar-refractivity contribution in [1.29, 1.82) is 0 Å². The van der Waals surface area contributed by atoms with Crippen molar-refractivity contribution in [2.45, 2.75) is 23.2 Å². The molecule has 24 heavy (non-hydrogen) atoms. The minimum absolute atomic E-state index is 0.427. The number of hydrogen-bond acceptors (Lipinski definition) is 3. The first-order valence-electron chi connectivity index (χ1n) is 7.10.